The molecular weight excluding hydrogens is 289 g/mol. The second-order valence-corrected chi connectivity index (χ2v) is 5.59. The smallest absolute Gasteiger partial charge is 0.123 e. The Hall–Kier alpha value is -2.62. The summed E-state index contributed by atoms with van der Waals surface area (Å²) in [5.74, 6) is -0.215. The fourth-order valence-electron chi connectivity index (χ4n) is 2.62. The summed E-state index contributed by atoms with van der Waals surface area (Å²) in [6.45, 7) is 3.77. The van der Waals surface area contributed by atoms with Crippen molar-refractivity contribution in [2.45, 2.75) is 19.9 Å². The molecule has 1 aromatic heterocycles. The number of aryl methyl sites for hydroxylation is 2. The molecule has 0 bridgehead atoms. The summed E-state index contributed by atoms with van der Waals surface area (Å²) in [6, 6.07) is 14.7. The van der Waals surface area contributed by atoms with Crippen LogP contribution in [-0.4, -0.2) is 16.1 Å². The molecule has 1 heterocycles. The third-order valence-corrected chi connectivity index (χ3v) is 3.73. The van der Waals surface area contributed by atoms with Gasteiger partial charge >= 0.3 is 0 Å². The topological polar surface area (TPSA) is 29.9 Å². The third kappa shape index (κ3) is 3.97. The molecule has 0 atom stereocenters. The van der Waals surface area contributed by atoms with Gasteiger partial charge in [-0.05, 0) is 37.1 Å². The molecule has 0 saturated heterocycles. The van der Waals surface area contributed by atoms with Crippen LogP contribution in [-0.2, 0) is 6.54 Å². The zero-order valence-corrected chi connectivity index (χ0v) is 13.2. The van der Waals surface area contributed by atoms with Gasteiger partial charge in [-0.1, -0.05) is 30.3 Å². The lowest BCUT2D eigenvalue weighted by Crippen LogP contribution is -2.06. The lowest BCUT2D eigenvalue weighted by atomic mass is 10.0. The van der Waals surface area contributed by atoms with Gasteiger partial charge in [0.15, 0.2) is 0 Å². The fourth-order valence-corrected chi connectivity index (χ4v) is 2.62. The number of nitrogens with one attached hydrogen (secondary N) is 1. The van der Waals surface area contributed by atoms with Crippen LogP contribution in [0.15, 0.2) is 61.1 Å². The molecule has 4 heteroatoms. The van der Waals surface area contributed by atoms with E-state index in [1.165, 1.54) is 6.07 Å². The molecule has 0 radical (unpaired) electrons. The van der Waals surface area contributed by atoms with E-state index in [0.717, 1.165) is 42.0 Å². The Morgan fingerprint density at radius 2 is 2.00 bits per heavy atom. The number of para-hydroxylation sites is 1. The first-order chi connectivity index (χ1) is 11.2. The van der Waals surface area contributed by atoms with E-state index in [4.69, 9.17) is 0 Å². The lowest BCUT2D eigenvalue weighted by Gasteiger charge is -2.12. The van der Waals surface area contributed by atoms with Crippen molar-refractivity contribution in [1.29, 1.82) is 0 Å². The maximum absolute atomic E-state index is 13.5. The zero-order chi connectivity index (χ0) is 16.1. The number of anilines is 1. The summed E-state index contributed by atoms with van der Waals surface area (Å²) in [5.41, 5.74) is 3.97. The minimum absolute atomic E-state index is 0.215. The highest BCUT2D eigenvalue weighted by Gasteiger charge is 2.05. The van der Waals surface area contributed by atoms with E-state index in [1.54, 1.807) is 12.1 Å². The quantitative estimate of drug-likeness (QED) is 0.679. The molecule has 0 aliphatic rings. The Labute approximate surface area is 135 Å². The van der Waals surface area contributed by atoms with Gasteiger partial charge in [-0.25, -0.2) is 9.37 Å². The Morgan fingerprint density at radius 1 is 1.13 bits per heavy atom. The molecule has 3 nitrogen and oxygen atoms in total. The Balaban J connectivity index is 1.64. The highest BCUT2D eigenvalue weighted by molar-refractivity contribution is 5.77. The van der Waals surface area contributed by atoms with Crippen LogP contribution < -0.4 is 5.32 Å². The van der Waals surface area contributed by atoms with E-state index in [9.17, 15) is 4.39 Å². The van der Waals surface area contributed by atoms with E-state index in [2.05, 4.69) is 14.9 Å². The van der Waals surface area contributed by atoms with Crippen LogP contribution in [0.5, 0.6) is 0 Å². The highest BCUT2D eigenvalue weighted by atomic mass is 19.1. The predicted octanol–water partition coefficient (Wildman–Crippen LogP) is 4.50. The number of imidazole rings is 1. The maximum Gasteiger partial charge on any atom is 0.123 e. The van der Waals surface area contributed by atoms with Crippen LogP contribution in [0, 0.1) is 12.7 Å². The van der Waals surface area contributed by atoms with Gasteiger partial charge in [0.1, 0.15) is 5.82 Å². The highest BCUT2D eigenvalue weighted by Crippen LogP contribution is 2.28. The van der Waals surface area contributed by atoms with Gasteiger partial charge in [-0.15, -0.1) is 0 Å². The predicted molar refractivity (Wildman–Crippen MR) is 91.9 cm³/mol. The molecule has 0 aliphatic carbocycles. The number of rotatable bonds is 6. The monoisotopic (exact) mass is 309 g/mol. The van der Waals surface area contributed by atoms with Crippen LogP contribution in [0.25, 0.3) is 11.1 Å². The molecule has 0 amide bonds. The summed E-state index contributed by atoms with van der Waals surface area (Å²) in [4.78, 5) is 4.22. The molecule has 23 heavy (non-hydrogen) atoms. The number of halogens is 1. The number of hydrogen-bond acceptors (Lipinski definition) is 2. The van der Waals surface area contributed by atoms with Gasteiger partial charge in [-0.2, -0.15) is 0 Å². The number of hydrogen-bond donors (Lipinski definition) is 1. The summed E-state index contributed by atoms with van der Waals surface area (Å²) in [5, 5.41) is 3.45. The van der Waals surface area contributed by atoms with Crippen LogP contribution in [0.1, 0.15) is 12.1 Å². The van der Waals surface area contributed by atoms with Gasteiger partial charge in [0.25, 0.3) is 0 Å². The molecule has 3 rings (SSSR count). The summed E-state index contributed by atoms with van der Waals surface area (Å²) in [6.07, 6.45) is 4.89. The first-order valence-electron chi connectivity index (χ1n) is 7.79. The van der Waals surface area contributed by atoms with E-state index >= 15 is 0 Å². The second-order valence-electron chi connectivity index (χ2n) is 5.59. The molecule has 0 spiro atoms. The Bertz CT molecular complexity index is 780. The number of benzene rings is 2. The second kappa shape index (κ2) is 7.09. The molecular formula is C19H20FN3. The Morgan fingerprint density at radius 3 is 2.78 bits per heavy atom. The average Bonchev–Trinajstić information content (AvgIpc) is 2.97. The molecule has 0 aliphatic heterocycles. The molecule has 3 aromatic rings. The van der Waals surface area contributed by atoms with E-state index in [-0.39, 0.29) is 5.82 Å². The van der Waals surface area contributed by atoms with Crippen LogP contribution in [0.3, 0.4) is 0 Å². The molecule has 0 fully saturated rings. The Kier molecular flexibility index (Phi) is 4.71. The number of aromatic nitrogens is 2. The molecule has 2 aromatic carbocycles. The van der Waals surface area contributed by atoms with Crippen LogP contribution >= 0.6 is 0 Å². The van der Waals surface area contributed by atoms with Crippen LogP contribution in [0.2, 0.25) is 0 Å². The van der Waals surface area contributed by atoms with Gasteiger partial charge in [0.2, 0.25) is 0 Å². The molecule has 0 unspecified atom stereocenters. The minimum atomic E-state index is -0.215. The zero-order valence-electron chi connectivity index (χ0n) is 13.2. The summed E-state index contributed by atoms with van der Waals surface area (Å²) < 4.78 is 15.5. The SMILES string of the molecule is Cc1cn(CCCNc2ccccc2-c2cccc(F)c2)cn1. The van der Waals surface area contributed by atoms with E-state index in [0.29, 0.717) is 0 Å². The van der Waals surface area contributed by atoms with Gasteiger partial charge in [0, 0.05) is 30.5 Å². The molecule has 0 saturated carbocycles. The van der Waals surface area contributed by atoms with Crippen molar-refractivity contribution >= 4 is 5.69 Å². The number of nitrogens with zero attached hydrogens (tertiary/aromatic N) is 2. The average molecular weight is 309 g/mol. The van der Waals surface area contributed by atoms with Crippen molar-refractivity contribution in [2.24, 2.45) is 0 Å². The third-order valence-electron chi connectivity index (χ3n) is 3.73. The summed E-state index contributed by atoms with van der Waals surface area (Å²) >= 11 is 0. The largest absolute Gasteiger partial charge is 0.384 e. The normalized spacial score (nSPS) is 10.7. The summed E-state index contributed by atoms with van der Waals surface area (Å²) in [7, 11) is 0. The van der Waals surface area contributed by atoms with Crippen molar-refractivity contribution < 1.29 is 4.39 Å². The van der Waals surface area contributed by atoms with E-state index in [1.807, 2.05) is 49.8 Å². The van der Waals surface area contributed by atoms with Crippen molar-refractivity contribution in [3.05, 3.63) is 72.6 Å². The first-order valence-corrected chi connectivity index (χ1v) is 7.79. The van der Waals surface area contributed by atoms with Gasteiger partial charge in [-0.3, -0.25) is 0 Å². The molecule has 118 valence electrons. The fraction of sp³-hybridized carbons (Fsp3) is 0.211. The standard InChI is InChI=1S/C19H20FN3/c1-15-13-23(14-22-15)11-5-10-21-19-9-3-2-8-18(19)16-6-4-7-17(20)12-16/h2-4,6-9,12-14,21H,5,10-11H2,1H3. The maximum atomic E-state index is 13.5. The van der Waals surface area contributed by atoms with Crippen molar-refractivity contribution in [3.63, 3.8) is 0 Å². The van der Waals surface area contributed by atoms with Gasteiger partial charge < -0.3 is 9.88 Å². The van der Waals surface area contributed by atoms with Crippen LogP contribution in [0.4, 0.5) is 10.1 Å². The molecule has 1 N–H and O–H groups in total. The van der Waals surface area contributed by atoms with Crippen molar-refractivity contribution in [3.8, 4) is 11.1 Å². The van der Waals surface area contributed by atoms with Crippen molar-refractivity contribution in [2.75, 3.05) is 11.9 Å². The van der Waals surface area contributed by atoms with Crippen molar-refractivity contribution in [1.82, 2.24) is 9.55 Å². The van der Waals surface area contributed by atoms with E-state index < -0.39 is 0 Å². The minimum Gasteiger partial charge on any atom is -0.384 e. The lowest BCUT2D eigenvalue weighted by molar-refractivity contribution is 0.628. The van der Waals surface area contributed by atoms with Gasteiger partial charge in [0.05, 0.1) is 12.0 Å². The first kappa shape index (κ1) is 15.3.